The van der Waals surface area contributed by atoms with Gasteiger partial charge in [-0.1, -0.05) is 6.92 Å². The van der Waals surface area contributed by atoms with Gasteiger partial charge in [0, 0.05) is 17.6 Å². The van der Waals surface area contributed by atoms with Crippen LogP contribution < -0.4 is 15.8 Å². The number of carbonyl (C=O) groups excluding carboxylic acids is 1. The number of nitrogens with two attached hydrogens (primary N) is 1. The summed E-state index contributed by atoms with van der Waals surface area (Å²) in [6.07, 6.45) is 0.964. The van der Waals surface area contributed by atoms with Crippen LogP contribution in [0.1, 0.15) is 28.8 Å². The predicted octanol–water partition coefficient (Wildman–Crippen LogP) is 2.64. The number of nitrogens with one attached hydrogen (secondary N) is 1. The van der Waals surface area contributed by atoms with E-state index in [-0.39, 0.29) is 5.91 Å². The summed E-state index contributed by atoms with van der Waals surface area (Å²) >= 11 is 1.38. The fourth-order valence-corrected chi connectivity index (χ4v) is 2.21. The fraction of sp³-hybridized carbons (Fsp3) is 0.286. The van der Waals surface area contributed by atoms with Gasteiger partial charge < -0.3 is 15.8 Å². The molecule has 0 aliphatic heterocycles. The van der Waals surface area contributed by atoms with Gasteiger partial charge in [-0.3, -0.25) is 4.79 Å². The van der Waals surface area contributed by atoms with Crippen LogP contribution in [0.25, 0.3) is 0 Å². The van der Waals surface area contributed by atoms with Crippen molar-refractivity contribution in [2.24, 2.45) is 5.73 Å². The Kier molecular flexibility index (Phi) is 5.09. The second-order valence-electron chi connectivity index (χ2n) is 4.16. The Morgan fingerprint density at radius 3 is 2.75 bits per heavy atom. The minimum Gasteiger partial charge on any atom is -0.494 e. The van der Waals surface area contributed by atoms with Crippen LogP contribution in [0, 0.1) is 0 Å². The van der Waals surface area contributed by atoms with Crippen molar-refractivity contribution < 1.29 is 9.53 Å². The summed E-state index contributed by atoms with van der Waals surface area (Å²) in [5.74, 6) is 0.562. The van der Waals surface area contributed by atoms with Gasteiger partial charge in [0.15, 0.2) is 0 Å². The van der Waals surface area contributed by atoms with E-state index in [0.29, 0.717) is 24.5 Å². The van der Waals surface area contributed by atoms with Gasteiger partial charge in [-0.15, -0.1) is 11.3 Å². The van der Waals surface area contributed by atoms with E-state index in [0.717, 1.165) is 17.2 Å². The molecule has 0 saturated carbocycles. The minimum absolute atomic E-state index is 0.233. The fourth-order valence-electron chi connectivity index (χ4n) is 1.56. The molecule has 1 amide bonds. The predicted molar refractivity (Wildman–Crippen MR) is 80.2 cm³/mol. The maximum Gasteiger partial charge on any atom is 0.275 e. The third-order valence-electron chi connectivity index (χ3n) is 2.54. The van der Waals surface area contributed by atoms with Crippen molar-refractivity contribution in [2.75, 3.05) is 11.9 Å². The summed E-state index contributed by atoms with van der Waals surface area (Å²) in [7, 11) is 0. The normalized spacial score (nSPS) is 10.3. The van der Waals surface area contributed by atoms with Crippen LogP contribution in [-0.2, 0) is 6.54 Å². The second-order valence-corrected chi connectivity index (χ2v) is 5.10. The number of carbonyl (C=O) groups is 1. The van der Waals surface area contributed by atoms with E-state index in [4.69, 9.17) is 10.5 Å². The van der Waals surface area contributed by atoms with Gasteiger partial charge in [0.05, 0.1) is 6.61 Å². The Balaban J connectivity index is 1.97. The molecule has 0 fully saturated rings. The van der Waals surface area contributed by atoms with Crippen molar-refractivity contribution >= 4 is 22.9 Å². The number of anilines is 1. The molecule has 3 N–H and O–H groups in total. The van der Waals surface area contributed by atoms with Crippen molar-refractivity contribution in [1.29, 1.82) is 0 Å². The lowest BCUT2D eigenvalue weighted by atomic mass is 10.3. The number of ether oxygens (including phenoxy) is 1. The molecule has 1 heterocycles. The first-order valence-corrected chi connectivity index (χ1v) is 7.29. The molecule has 20 heavy (non-hydrogen) atoms. The molecule has 2 aromatic rings. The van der Waals surface area contributed by atoms with E-state index < -0.39 is 0 Å². The Morgan fingerprint density at radius 1 is 1.40 bits per heavy atom. The quantitative estimate of drug-likeness (QED) is 0.857. The van der Waals surface area contributed by atoms with E-state index in [2.05, 4.69) is 17.2 Å². The Labute approximate surface area is 121 Å². The SMILES string of the molecule is CCCOc1ccc(NC(=O)c2csc(CN)n2)cc1. The number of rotatable bonds is 6. The van der Waals surface area contributed by atoms with Gasteiger partial charge >= 0.3 is 0 Å². The van der Waals surface area contributed by atoms with Gasteiger partial charge in [0.2, 0.25) is 0 Å². The van der Waals surface area contributed by atoms with Crippen molar-refractivity contribution in [3.8, 4) is 5.75 Å². The maximum atomic E-state index is 12.0. The third kappa shape index (κ3) is 3.79. The van der Waals surface area contributed by atoms with Gasteiger partial charge in [0.1, 0.15) is 16.5 Å². The lowest BCUT2D eigenvalue weighted by Gasteiger charge is -2.06. The summed E-state index contributed by atoms with van der Waals surface area (Å²) in [6.45, 7) is 3.09. The number of nitrogens with zero attached hydrogens (tertiary/aromatic N) is 1. The van der Waals surface area contributed by atoms with E-state index >= 15 is 0 Å². The number of aromatic nitrogens is 1. The molecule has 0 bridgehead atoms. The first-order valence-electron chi connectivity index (χ1n) is 6.41. The molecule has 0 unspecified atom stereocenters. The number of thiazole rings is 1. The molecule has 0 spiro atoms. The number of hydrogen-bond acceptors (Lipinski definition) is 5. The zero-order valence-corrected chi connectivity index (χ0v) is 12.1. The van der Waals surface area contributed by atoms with Gasteiger partial charge in [-0.25, -0.2) is 4.98 Å². The third-order valence-corrected chi connectivity index (χ3v) is 3.42. The Bertz CT molecular complexity index is 566. The summed E-state index contributed by atoms with van der Waals surface area (Å²) in [5.41, 5.74) is 6.57. The van der Waals surface area contributed by atoms with Crippen molar-refractivity contribution in [2.45, 2.75) is 19.9 Å². The molecule has 1 aromatic carbocycles. The standard InChI is InChI=1S/C14H17N3O2S/c1-2-7-19-11-5-3-10(4-6-11)16-14(18)12-9-20-13(8-15)17-12/h3-6,9H,2,7-8,15H2,1H3,(H,16,18). The number of hydrogen-bond donors (Lipinski definition) is 2. The zero-order chi connectivity index (χ0) is 14.4. The molecular formula is C14H17N3O2S. The average molecular weight is 291 g/mol. The van der Waals surface area contributed by atoms with Crippen LogP contribution in [-0.4, -0.2) is 17.5 Å². The molecule has 0 saturated heterocycles. The first-order chi connectivity index (χ1) is 9.72. The molecule has 0 atom stereocenters. The average Bonchev–Trinajstić information content (AvgIpc) is 2.95. The van der Waals surface area contributed by atoms with Crippen LogP contribution >= 0.6 is 11.3 Å². The highest BCUT2D eigenvalue weighted by Crippen LogP contribution is 2.17. The lowest BCUT2D eigenvalue weighted by Crippen LogP contribution is -2.12. The summed E-state index contributed by atoms with van der Waals surface area (Å²) < 4.78 is 5.48. The van der Waals surface area contributed by atoms with E-state index in [1.165, 1.54) is 11.3 Å². The van der Waals surface area contributed by atoms with E-state index in [1.54, 1.807) is 17.5 Å². The molecule has 2 rings (SSSR count). The molecule has 0 aliphatic carbocycles. The monoisotopic (exact) mass is 291 g/mol. The largest absolute Gasteiger partial charge is 0.494 e. The Morgan fingerprint density at radius 2 is 2.15 bits per heavy atom. The minimum atomic E-state index is -0.233. The van der Waals surface area contributed by atoms with Gasteiger partial charge in [-0.05, 0) is 30.7 Å². The number of benzene rings is 1. The lowest BCUT2D eigenvalue weighted by molar-refractivity contribution is 0.102. The van der Waals surface area contributed by atoms with Crippen LogP contribution in [0.3, 0.4) is 0 Å². The van der Waals surface area contributed by atoms with Crippen molar-refractivity contribution in [1.82, 2.24) is 4.98 Å². The van der Waals surface area contributed by atoms with Gasteiger partial charge in [-0.2, -0.15) is 0 Å². The topological polar surface area (TPSA) is 77.2 Å². The van der Waals surface area contributed by atoms with Crippen LogP contribution in [0.4, 0.5) is 5.69 Å². The van der Waals surface area contributed by atoms with Crippen molar-refractivity contribution in [3.05, 3.63) is 40.3 Å². The van der Waals surface area contributed by atoms with E-state index in [9.17, 15) is 4.79 Å². The van der Waals surface area contributed by atoms with Crippen LogP contribution in [0.15, 0.2) is 29.6 Å². The highest BCUT2D eigenvalue weighted by molar-refractivity contribution is 7.09. The zero-order valence-electron chi connectivity index (χ0n) is 11.3. The highest BCUT2D eigenvalue weighted by Gasteiger charge is 2.10. The molecule has 1 aromatic heterocycles. The number of amides is 1. The van der Waals surface area contributed by atoms with Crippen LogP contribution in [0.2, 0.25) is 0 Å². The maximum absolute atomic E-state index is 12.0. The van der Waals surface area contributed by atoms with Gasteiger partial charge in [0.25, 0.3) is 5.91 Å². The highest BCUT2D eigenvalue weighted by atomic mass is 32.1. The smallest absolute Gasteiger partial charge is 0.275 e. The molecule has 106 valence electrons. The summed E-state index contributed by atoms with van der Waals surface area (Å²) in [6, 6.07) is 7.27. The molecule has 6 heteroatoms. The first kappa shape index (κ1) is 14.5. The summed E-state index contributed by atoms with van der Waals surface area (Å²) in [4.78, 5) is 16.1. The second kappa shape index (κ2) is 7.02. The molecule has 5 nitrogen and oxygen atoms in total. The Hall–Kier alpha value is -1.92. The summed E-state index contributed by atoms with van der Waals surface area (Å²) in [5, 5.41) is 5.24. The molecular weight excluding hydrogens is 274 g/mol. The molecule has 0 aliphatic rings. The van der Waals surface area contributed by atoms with Crippen molar-refractivity contribution in [3.63, 3.8) is 0 Å². The van der Waals surface area contributed by atoms with Crippen LogP contribution in [0.5, 0.6) is 5.75 Å². The molecule has 0 radical (unpaired) electrons. The van der Waals surface area contributed by atoms with E-state index in [1.807, 2.05) is 12.1 Å².